The van der Waals surface area contributed by atoms with Crippen LogP contribution in [0, 0.1) is 12.7 Å². The maximum absolute atomic E-state index is 13.9. The molecule has 1 aliphatic heterocycles. The minimum absolute atomic E-state index is 0.0180. The highest BCUT2D eigenvalue weighted by molar-refractivity contribution is 5.83. The van der Waals surface area contributed by atoms with Crippen molar-refractivity contribution >= 4 is 12.0 Å². The molecule has 0 aliphatic carbocycles. The van der Waals surface area contributed by atoms with Gasteiger partial charge in [0.2, 0.25) is 5.91 Å². The standard InChI is InChI=1S/C29H33F7N2O3/c1-16-11-21(30)7-8-22(16)23-15-38(26(40)41-27(3,4)5)10-9-24(23)37(6)25(39)17(2)18-12-19(28(31,32)33)14-20(13-18)29(34,35)36/h7-8,11-14,17,23-24H,9-10,15H2,1-6H3/t17-,23+,24-/m0/s1. The van der Waals surface area contributed by atoms with Crippen molar-refractivity contribution in [3.8, 4) is 0 Å². The summed E-state index contributed by atoms with van der Waals surface area (Å²) in [6.07, 6.45) is -10.4. The van der Waals surface area contributed by atoms with Gasteiger partial charge in [0.25, 0.3) is 0 Å². The number of nitrogens with zero attached hydrogens (tertiary/aromatic N) is 2. The van der Waals surface area contributed by atoms with Gasteiger partial charge in [-0.15, -0.1) is 0 Å². The van der Waals surface area contributed by atoms with Crippen LogP contribution >= 0.6 is 0 Å². The number of hydrogen-bond acceptors (Lipinski definition) is 3. The van der Waals surface area contributed by atoms with E-state index in [0.29, 0.717) is 23.3 Å². The Kier molecular flexibility index (Phi) is 9.05. The van der Waals surface area contributed by atoms with Gasteiger partial charge in [-0.3, -0.25) is 4.79 Å². The number of aryl methyl sites for hydroxylation is 1. The van der Waals surface area contributed by atoms with Crippen molar-refractivity contribution in [1.82, 2.24) is 9.80 Å². The van der Waals surface area contributed by atoms with Gasteiger partial charge >= 0.3 is 18.4 Å². The molecule has 1 saturated heterocycles. The van der Waals surface area contributed by atoms with E-state index in [4.69, 9.17) is 4.74 Å². The summed E-state index contributed by atoms with van der Waals surface area (Å²) in [4.78, 5) is 29.2. The van der Waals surface area contributed by atoms with Crippen LogP contribution in [0.15, 0.2) is 36.4 Å². The molecule has 2 aromatic carbocycles. The van der Waals surface area contributed by atoms with E-state index in [0.717, 1.165) is 0 Å². The van der Waals surface area contributed by atoms with E-state index in [1.165, 1.54) is 35.9 Å². The van der Waals surface area contributed by atoms with E-state index < -0.39 is 70.3 Å². The summed E-state index contributed by atoms with van der Waals surface area (Å²) in [5.41, 5.74) is -2.99. The monoisotopic (exact) mass is 590 g/mol. The Hall–Kier alpha value is -3.31. The number of rotatable bonds is 4. The Morgan fingerprint density at radius 2 is 1.54 bits per heavy atom. The largest absolute Gasteiger partial charge is 0.444 e. The summed E-state index contributed by atoms with van der Waals surface area (Å²) in [6.45, 7) is 8.35. The Morgan fingerprint density at radius 3 is 2.02 bits per heavy atom. The van der Waals surface area contributed by atoms with Crippen molar-refractivity contribution in [3.05, 3.63) is 70.0 Å². The summed E-state index contributed by atoms with van der Waals surface area (Å²) >= 11 is 0. The molecular formula is C29H33F7N2O3. The molecule has 0 aromatic heterocycles. The number of ether oxygens (including phenoxy) is 1. The van der Waals surface area contributed by atoms with Gasteiger partial charge in [0.15, 0.2) is 0 Å². The molecule has 2 aromatic rings. The van der Waals surface area contributed by atoms with Gasteiger partial charge in [-0.05, 0) is 88.1 Å². The zero-order valence-electron chi connectivity index (χ0n) is 23.6. The molecule has 226 valence electrons. The van der Waals surface area contributed by atoms with E-state index in [2.05, 4.69) is 0 Å². The summed E-state index contributed by atoms with van der Waals surface area (Å²) < 4.78 is 100.0. The van der Waals surface area contributed by atoms with Crippen molar-refractivity contribution in [2.45, 2.75) is 76.9 Å². The Bertz CT molecular complexity index is 1250. The molecule has 0 N–H and O–H groups in total. The van der Waals surface area contributed by atoms with Crippen molar-refractivity contribution in [2.75, 3.05) is 20.1 Å². The average Bonchev–Trinajstić information content (AvgIpc) is 2.84. The molecule has 12 heteroatoms. The van der Waals surface area contributed by atoms with Crippen LogP contribution in [0.1, 0.15) is 73.8 Å². The fourth-order valence-electron chi connectivity index (χ4n) is 5.10. The molecule has 0 radical (unpaired) electrons. The second-order valence-electron chi connectivity index (χ2n) is 11.4. The SMILES string of the molecule is Cc1cc(F)ccc1[C@H]1CN(C(=O)OC(C)(C)C)CC[C@@H]1N(C)C(=O)[C@@H](C)c1cc(C(F)(F)F)cc(C(F)(F)F)c1. The lowest BCUT2D eigenvalue weighted by Gasteiger charge is -2.44. The minimum Gasteiger partial charge on any atom is -0.444 e. The predicted octanol–water partition coefficient (Wildman–Crippen LogP) is 7.53. The highest BCUT2D eigenvalue weighted by Gasteiger charge is 2.41. The molecule has 1 aliphatic rings. The number of carbonyl (C=O) groups is 2. The van der Waals surface area contributed by atoms with Crippen LogP contribution in [0.4, 0.5) is 35.5 Å². The number of likely N-dealkylation sites (N-methyl/N-ethyl adjacent to an activating group) is 1. The molecule has 41 heavy (non-hydrogen) atoms. The first-order valence-electron chi connectivity index (χ1n) is 13.0. The molecule has 0 bridgehead atoms. The number of carbonyl (C=O) groups excluding carboxylic acids is 2. The number of likely N-dealkylation sites (tertiary alicyclic amines) is 1. The van der Waals surface area contributed by atoms with Gasteiger partial charge in [-0.2, -0.15) is 26.3 Å². The molecule has 1 heterocycles. The Morgan fingerprint density at radius 1 is 0.976 bits per heavy atom. The van der Waals surface area contributed by atoms with Gasteiger partial charge in [0, 0.05) is 32.1 Å². The van der Waals surface area contributed by atoms with E-state index in [9.17, 15) is 40.3 Å². The lowest BCUT2D eigenvalue weighted by molar-refractivity contribution is -0.143. The second-order valence-corrected chi connectivity index (χ2v) is 11.4. The second kappa shape index (κ2) is 11.5. The van der Waals surface area contributed by atoms with E-state index in [1.54, 1.807) is 33.8 Å². The van der Waals surface area contributed by atoms with Gasteiger partial charge in [-0.1, -0.05) is 6.07 Å². The van der Waals surface area contributed by atoms with Crippen molar-refractivity contribution in [3.63, 3.8) is 0 Å². The third kappa shape index (κ3) is 7.71. The number of piperidine rings is 1. The normalized spacial score (nSPS) is 19.1. The van der Waals surface area contributed by atoms with Crippen LogP contribution in [-0.4, -0.2) is 53.6 Å². The van der Waals surface area contributed by atoms with Crippen molar-refractivity contribution in [1.29, 1.82) is 0 Å². The van der Waals surface area contributed by atoms with Crippen molar-refractivity contribution in [2.24, 2.45) is 0 Å². The zero-order valence-corrected chi connectivity index (χ0v) is 23.6. The molecule has 3 rings (SSSR count). The molecular weight excluding hydrogens is 557 g/mol. The number of halogens is 7. The third-order valence-corrected chi connectivity index (χ3v) is 7.18. The summed E-state index contributed by atoms with van der Waals surface area (Å²) in [5, 5.41) is 0. The van der Waals surface area contributed by atoms with Crippen LogP contribution in [0.3, 0.4) is 0 Å². The first-order chi connectivity index (χ1) is 18.7. The lowest BCUT2D eigenvalue weighted by atomic mass is 9.82. The molecule has 0 spiro atoms. The number of amides is 2. The summed E-state index contributed by atoms with van der Waals surface area (Å²) in [7, 11) is 1.43. The van der Waals surface area contributed by atoms with Crippen LogP contribution in [0.25, 0.3) is 0 Å². The maximum atomic E-state index is 13.9. The number of alkyl halides is 6. The molecule has 3 atom stereocenters. The van der Waals surface area contributed by atoms with Crippen molar-refractivity contribution < 1.29 is 45.1 Å². The van der Waals surface area contributed by atoms with Crippen LogP contribution in [0.2, 0.25) is 0 Å². The quantitative estimate of drug-likeness (QED) is 0.346. The molecule has 5 nitrogen and oxygen atoms in total. The van der Waals surface area contributed by atoms with Gasteiger partial charge < -0.3 is 14.5 Å². The number of benzene rings is 2. The molecule has 0 saturated carbocycles. The molecule has 1 fully saturated rings. The van der Waals surface area contributed by atoms with Gasteiger partial charge in [-0.25, -0.2) is 9.18 Å². The Balaban J connectivity index is 1.97. The maximum Gasteiger partial charge on any atom is 0.416 e. The van der Waals surface area contributed by atoms with E-state index >= 15 is 0 Å². The fourth-order valence-corrected chi connectivity index (χ4v) is 5.10. The lowest BCUT2D eigenvalue weighted by Crippen LogP contribution is -2.53. The molecule has 2 amide bonds. The highest BCUT2D eigenvalue weighted by Crippen LogP contribution is 2.39. The minimum atomic E-state index is -5.05. The van der Waals surface area contributed by atoms with Gasteiger partial charge in [0.1, 0.15) is 11.4 Å². The topological polar surface area (TPSA) is 49.9 Å². The highest BCUT2D eigenvalue weighted by atomic mass is 19.4. The smallest absolute Gasteiger partial charge is 0.416 e. The first-order valence-corrected chi connectivity index (χ1v) is 13.0. The van der Waals surface area contributed by atoms with E-state index in [1.807, 2.05) is 0 Å². The fraction of sp³-hybridized carbons (Fsp3) is 0.517. The van der Waals surface area contributed by atoms with Crippen LogP contribution < -0.4 is 0 Å². The Labute approximate surface area is 234 Å². The summed E-state index contributed by atoms with van der Waals surface area (Å²) in [6, 6.07) is 4.63. The van der Waals surface area contributed by atoms with Gasteiger partial charge in [0.05, 0.1) is 17.0 Å². The average molecular weight is 591 g/mol. The van der Waals surface area contributed by atoms with Crippen LogP contribution in [-0.2, 0) is 21.9 Å². The first kappa shape index (κ1) is 32.2. The predicted molar refractivity (Wildman–Crippen MR) is 138 cm³/mol. The zero-order chi connectivity index (χ0) is 31.1. The summed E-state index contributed by atoms with van der Waals surface area (Å²) in [5.74, 6) is -3.06. The van der Waals surface area contributed by atoms with E-state index in [-0.39, 0.29) is 25.6 Å². The van der Waals surface area contributed by atoms with Crippen LogP contribution in [0.5, 0.6) is 0 Å². The number of hydrogen-bond donors (Lipinski definition) is 0. The third-order valence-electron chi connectivity index (χ3n) is 7.18. The molecule has 0 unspecified atom stereocenters.